The minimum absolute atomic E-state index is 0.991. The van der Waals surface area contributed by atoms with Crippen LogP contribution in [0.1, 0.15) is 11.1 Å². The molecule has 62 valence electrons. The highest BCUT2D eigenvalue weighted by molar-refractivity contribution is 5.70. The predicted octanol–water partition coefficient (Wildman–Crippen LogP) is 1.38. The average molecular weight is 160 g/mol. The van der Waals surface area contributed by atoms with E-state index in [1.54, 1.807) is 0 Å². The number of pyridine rings is 1. The highest BCUT2D eigenvalue weighted by atomic mass is 14.9. The minimum Gasteiger partial charge on any atom is -0.309 e. The molecule has 0 saturated carbocycles. The fourth-order valence-electron chi connectivity index (χ4n) is 1.51. The van der Waals surface area contributed by atoms with Crippen LogP contribution in [0.3, 0.4) is 0 Å². The van der Waals surface area contributed by atoms with Gasteiger partial charge in [0.1, 0.15) is 0 Å². The quantitative estimate of drug-likeness (QED) is 0.671. The summed E-state index contributed by atoms with van der Waals surface area (Å²) in [6, 6.07) is 2.08. The van der Waals surface area contributed by atoms with Gasteiger partial charge in [0.05, 0.1) is 0 Å². The zero-order valence-corrected chi connectivity index (χ0v) is 7.17. The average Bonchev–Trinajstić information content (AvgIpc) is 2.57. The Balaban J connectivity index is 2.39. The molecule has 2 rings (SSSR count). The van der Waals surface area contributed by atoms with Crippen LogP contribution in [0.4, 0.5) is 0 Å². The Morgan fingerprint density at radius 1 is 1.50 bits per heavy atom. The second-order valence-corrected chi connectivity index (χ2v) is 3.05. The van der Waals surface area contributed by atoms with Crippen molar-refractivity contribution in [2.45, 2.75) is 6.92 Å². The lowest BCUT2D eigenvalue weighted by atomic mass is 10.0. The number of aryl methyl sites for hydroxylation is 1. The van der Waals surface area contributed by atoms with E-state index < -0.39 is 0 Å². The lowest BCUT2D eigenvalue weighted by Gasteiger charge is -2.04. The van der Waals surface area contributed by atoms with Crippen LogP contribution in [0.25, 0.3) is 5.57 Å². The van der Waals surface area contributed by atoms with Crippen LogP contribution in [0.15, 0.2) is 24.5 Å². The predicted molar refractivity (Wildman–Crippen MR) is 49.8 cm³/mol. The summed E-state index contributed by atoms with van der Waals surface area (Å²) >= 11 is 0. The first-order valence-electron chi connectivity index (χ1n) is 4.18. The number of hydrogen-bond acceptors (Lipinski definition) is 2. The second-order valence-electron chi connectivity index (χ2n) is 3.05. The van der Waals surface area contributed by atoms with Crippen LogP contribution in [0.5, 0.6) is 0 Å². The third kappa shape index (κ3) is 1.25. The van der Waals surface area contributed by atoms with E-state index in [4.69, 9.17) is 0 Å². The van der Waals surface area contributed by atoms with Gasteiger partial charge in [-0.25, -0.2) is 0 Å². The van der Waals surface area contributed by atoms with Crippen molar-refractivity contribution >= 4 is 5.57 Å². The molecule has 0 aromatic carbocycles. The van der Waals surface area contributed by atoms with Gasteiger partial charge in [0.25, 0.3) is 0 Å². The summed E-state index contributed by atoms with van der Waals surface area (Å²) in [5.74, 6) is 0. The molecule has 1 N–H and O–H groups in total. The van der Waals surface area contributed by atoms with Crippen LogP contribution < -0.4 is 5.32 Å². The number of hydrogen-bond donors (Lipinski definition) is 1. The molecule has 0 atom stereocenters. The molecule has 0 bridgehead atoms. The van der Waals surface area contributed by atoms with E-state index in [1.165, 1.54) is 16.7 Å². The van der Waals surface area contributed by atoms with Crippen molar-refractivity contribution < 1.29 is 0 Å². The van der Waals surface area contributed by atoms with Crippen LogP contribution >= 0.6 is 0 Å². The molecular weight excluding hydrogens is 148 g/mol. The van der Waals surface area contributed by atoms with Crippen LogP contribution in [-0.4, -0.2) is 18.1 Å². The Morgan fingerprint density at radius 2 is 2.42 bits per heavy atom. The topological polar surface area (TPSA) is 24.9 Å². The van der Waals surface area contributed by atoms with Gasteiger partial charge in [-0.15, -0.1) is 0 Å². The van der Waals surface area contributed by atoms with E-state index in [0.717, 1.165) is 13.1 Å². The maximum Gasteiger partial charge on any atom is 0.0303 e. The molecule has 2 heteroatoms. The molecule has 0 saturated heterocycles. The molecule has 1 aliphatic rings. The van der Waals surface area contributed by atoms with Crippen molar-refractivity contribution in [2.75, 3.05) is 13.1 Å². The van der Waals surface area contributed by atoms with Crippen molar-refractivity contribution in [3.05, 3.63) is 35.7 Å². The first-order valence-corrected chi connectivity index (χ1v) is 4.18. The van der Waals surface area contributed by atoms with Crippen molar-refractivity contribution in [1.82, 2.24) is 10.3 Å². The van der Waals surface area contributed by atoms with Crippen LogP contribution in [0.2, 0.25) is 0 Å². The van der Waals surface area contributed by atoms with Crippen molar-refractivity contribution in [2.24, 2.45) is 0 Å². The normalized spacial score (nSPS) is 16.2. The Bertz CT molecular complexity index is 315. The number of nitrogens with zero attached hydrogens (tertiary/aromatic N) is 1. The first kappa shape index (κ1) is 7.50. The molecule has 1 aromatic heterocycles. The lowest BCUT2D eigenvalue weighted by molar-refractivity contribution is 0.897. The monoisotopic (exact) mass is 160 g/mol. The Kier molecular flexibility index (Phi) is 1.92. The van der Waals surface area contributed by atoms with Gasteiger partial charge in [-0.2, -0.15) is 0 Å². The molecule has 0 amide bonds. The zero-order chi connectivity index (χ0) is 8.39. The lowest BCUT2D eigenvalue weighted by Crippen LogP contribution is -2.07. The van der Waals surface area contributed by atoms with Crippen LogP contribution in [-0.2, 0) is 0 Å². The summed E-state index contributed by atoms with van der Waals surface area (Å²) in [6.07, 6.45) is 6.00. The van der Waals surface area contributed by atoms with Crippen LogP contribution in [0, 0.1) is 6.92 Å². The van der Waals surface area contributed by atoms with Crippen molar-refractivity contribution in [1.29, 1.82) is 0 Å². The third-order valence-electron chi connectivity index (χ3n) is 2.17. The number of nitrogens with one attached hydrogen (secondary N) is 1. The Morgan fingerprint density at radius 3 is 3.08 bits per heavy atom. The molecule has 0 spiro atoms. The molecular formula is C10H12N2. The van der Waals surface area contributed by atoms with E-state index in [-0.39, 0.29) is 0 Å². The molecule has 1 aliphatic heterocycles. The zero-order valence-electron chi connectivity index (χ0n) is 7.17. The number of aromatic nitrogens is 1. The standard InChI is InChI=1S/C10H12N2/c1-8-6-11-5-3-10(8)9-2-4-12-7-9/h2-3,5-6,12H,4,7H2,1H3. The van der Waals surface area contributed by atoms with Gasteiger partial charge in [-0.05, 0) is 29.7 Å². The SMILES string of the molecule is Cc1cnccc1C1=CCNC1. The highest BCUT2D eigenvalue weighted by Crippen LogP contribution is 2.18. The fourth-order valence-corrected chi connectivity index (χ4v) is 1.51. The minimum atomic E-state index is 0.991. The molecule has 2 nitrogen and oxygen atoms in total. The summed E-state index contributed by atoms with van der Waals surface area (Å²) in [4.78, 5) is 4.07. The van der Waals surface area contributed by atoms with Gasteiger partial charge in [-0.1, -0.05) is 6.08 Å². The maximum atomic E-state index is 4.07. The Hall–Kier alpha value is -1.15. The molecule has 0 unspecified atom stereocenters. The van der Waals surface area contributed by atoms with E-state index in [1.807, 2.05) is 12.4 Å². The van der Waals surface area contributed by atoms with E-state index in [0.29, 0.717) is 0 Å². The highest BCUT2D eigenvalue weighted by Gasteiger charge is 2.07. The van der Waals surface area contributed by atoms with Gasteiger partial charge < -0.3 is 5.32 Å². The van der Waals surface area contributed by atoms with Gasteiger partial charge >= 0.3 is 0 Å². The molecule has 0 fully saturated rings. The van der Waals surface area contributed by atoms with Crippen molar-refractivity contribution in [3.63, 3.8) is 0 Å². The van der Waals surface area contributed by atoms with Gasteiger partial charge in [0, 0.05) is 25.5 Å². The largest absolute Gasteiger partial charge is 0.309 e. The van der Waals surface area contributed by atoms with Gasteiger partial charge in [-0.3, -0.25) is 4.98 Å². The van der Waals surface area contributed by atoms with E-state index in [2.05, 4.69) is 29.4 Å². The van der Waals surface area contributed by atoms with Gasteiger partial charge in [0.2, 0.25) is 0 Å². The first-order chi connectivity index (χ1) is 5.88. The van der Waals surface area contributed by atoms with E-state index >= 15 is 0 Å². The Labute approximate surface area is 72.3 Å². The van der Waals surface area contributed by atoms with Gasteiger partial charge in [0.15, 0.2) is 0 Å². The smallest absolute Gasteiger partial charge is 0.0303 e. The summed E-state index contributed by atoms with van der Waals surface area (Å²) in [7, 11) is 0. The molecule has 0 aliphatic carbocycles. The van der Waals surface area contributed by atoms with Crippen molar-refractivity contribution in [3.8, 4) is 0 Å². The molecule has 12 heavy (non-hydrogen) atoms. The fraction of sp³-hybridized carbons (Fsp3) is 0.300. The summed E-state index contributed by atoms with van der Waals surface area (Å²) in [5.41, 5.74) is 3.98. The summed E-state index contributed by atoms with van der Waals surface area (Å²) < 4.78 is 0. The summed E-state index contributed by atoms with van der Waals surface area (Å²) in [6.45, 7) is 4.09. The summed E-state index contributed by atoms with van der Waals surface area (Å²) in [5, 5.41) is 3.29. The number of rotatable bonds is 1. The molecule has 1 aromatic rings. The van der Waals surface area contributed by atoms with E-state index in [9.17, 15) is 0 Å². The third-order valence-corrected chi connectivity index (χ3v) is 2.17. The second kappa shape index (κ2) is 3.07. The molecule has 0 radical (unpaired) electrons. The molecule has 2 heterocycles. The maximum absolute atomic E-state index is 4.07.